The molecule has 0 bridgehead atoms. The Hall–Kier alpha value is -0.100. The van der Waals surface area contributed by atoms with Crippen molar-refractivity contribution in [1.82, 2.24) is 9.62 Å². The number of sulfonamides is 1. The molecule has 1 aliphatic heterocycles. The van der Waals surface area contributed by atoms with Crippen molar-refractivity contribution >= 4 is 22.4 Å². The van der Waals surface area contributed by atoms with Crippen molar-refractivity contribution < 1.29 is 8.42 Å². The first-order valence-corrected chi connectivity index (χ1v) is 6.50. The summed E-state index contributed by atoms with van der Waals surface area (Å²) in [7, 11) is -3.09. The highest BCUT2D eigenvalue weighted by Crippen LogP contribution is 2.09. The maximum Gasteiger partial charge on any atom is 0.218 e. The summed E-state index contributed by atoms with van der Waals surface area (Å²) < 4.78 is 25.2. The lowest BCUT2D eigenvalue weighted by Gasteiger charge is -2.32. The van der Waals surface area contributed by atoms with Crippen LogP contribution in [-0.2, 0) is 10.0 Å². The summed E-state index contributed by atoms with van der Waals surface area (Å²) in [4.78, 5) is 0. The van der Waals surface area contributed by atoms with Gasteiger partial charge in [0.1, 0.15) is 0 Å². The van der Waals surface area contributed by atoms with Gasteiger partial charge in [-0.1, -0.05) is 12.2 Å². The summed E-state index contributed by atoms with van der Waals surface area (Å²) in [6, 6.07) is 0.0685. The number of nitrogens with zero attached hydrogens (tertiary/aromatic N) is 1. The van der Waals surface area contributed by atoms with Gasteiger partial charge in [-0.15, -0.1) is 12.4 Å². The van der Waals surface area contributed by atoms with Crippen molar-refractivity contribution in [3.8, 4) is 0 Å². The molecule has 0 radical (unpaired) electrons. The van der Waals surface area contributed by atoms with E-state index in [0.29, 0.717) is 6.54 Å². The van der Waals surface area contributed by atoms with Gasteiger partial charge in [0.05, 0.1) is 5.75 Å². The highest BCUT2D eigenvalue weighted by atomic mass is 35.5. The predicted octanol–water partition coefficient (Wildman–Crippen LogP) is 0.608. The lowest BCUT2D eigenvalue weighted by molar-refractivity contribution is 0.284. The van der Waals surface area contributed by atoms with E-state index in [1.807, 2.05) is 13.8 Å². The topological polar surface area (TPSA) is 49.4 Å². The first-order valence-electron chi connectivity index (χ1n) is 4.89. The molecule has 1 fully saturated rings. The summed E-state index contributed by atoms with van der Waals surface area (Å²) in [6.45, 7) is 5.84. The van der Waals surface area contributed by atoms with Crippen LogP contribution in [0.25, 0.3) is 0 Å². The fourth-order valence-electron chi connectivity index (χ4n) is 1.55. The second-order valence-electron chi connectivity index (χ2n) is 3.51. The number of allylic oxidation sites excluding steroid dienone is 1. The van der Waals surface area contributed by atoms with E-state index >= 15 is 0 Å². The van der Waals surface area contributed by atoms with Crippen LogP contribution >= 0.6 is 12.4 Å². The summed E-state index contributed by atoms with van der Waals surface area (Å²) in [6.07, 6.45) is 3.45. The zero-order valence-electron chi connectivity index (χ0n) is 9.14. The second kappa shape index (κ2) is 6.48. The molecule has 1 unspecified atom stereocenters. The maximum atomic E-state index is 11.8. The minimum absolute atomic E-state index is 0. The highest BCUT2D eigenvalue weighted by Gasteiger charge is 2.27. The molecule has 1 atom stereocenters. The SMILES string of the molecule is C/C=C/CS(=O)(=O)N1CCNCC1C.Cl. The molecule has 1 rings (SSSR count). The molecule has 0 aromatic rings. The Morgan fingerprint density at radius 1 is 1.53 bits per heavy atom. The molecule has 1 saturated heterocycles. The van der Waals surface area contributed by atoms with E-state index in [1.165, 1.54) is 0 Å². The number of halogens is 1. The Labute approximate surface area is 98.2 Å². The van der Waals surface area contributed by atoms with E-state index in [-0.39, 0.29) is 24.2 Å². The molecule has 1 aliphatic rings. The molecular formula is C9H19ClN2O2S. The highest BCUT2D eigenvalue weighted by molar-refractivity contribution is 7.89. The Morgan fingerprint density at radius 2 is 2.20 bits per heavy atom. The number of hydrogen-bond acceptors (Lipinski definition) is 3. The Kier molecular flexibility index (Phi) is 6.43. The van der Waals surface area contributed by atoms with Crippen LogP contribution < -0.4 is 5.32 Å². The van der Waals surface area contributed by atoms with Gasteiger partial charge < -0.3 is 5.32 Å². The number of piperazine rings is 1. The molecule has 0 aliphatic carbocycles. The minimum atomic E-state index is -3.09. The Bertz CT molecular complexity index is 303. The smallest absolute Gasteiger partial charge is 0.218 e. The molecule has 1 heterocycles. The number of nitrogens with one attached hydrogen (secondary N) is 1. The van der Waals surface area contributed by atoms with Gasteiger partial charge in [0.15, 0.2) is 0 Å². The largest absolute Gasteiger partial charge is 0.314 e. The third-order valence-electron chi connectivity index (χ3n) is 2.34. The van der Waals surface area contributed by atoms with Crippen molar-refractivity contribution in [2.75, 3.05) is 25.4 Å². The van der Waals surface area contributed by atoms with Gasteiger partial charge in [0.25, 0.3) is 0 Å². The monoisotopic (exact) mass is 254 g/mol. The fourth-order valence-corrected chi connectivity index (χ4v) is 3.17. The lowest BCUT2D eigenvalue weighted by Crippen LogP contribution is -2.52. The molecule has 90 valence electrons. The summed E-state index contributed by atoms with van der Waals surface area (Å²) in [5.41, 5.74) is 0. The first kappa shape index (κ1) is 14.9. The summed E-state index contributed by atoms with van der Waals surface area (Å²) >= 11 is 0. The van der Waals surface area contributed by atoms with Gasteiger partial charge in [0.2, 0.25) is 10.0 Å². The van der Waals surface area contributed by atoms with Gasteiger partial charge >= 0.3 is 0 Å². The zero-order valence-corrected chi connectivity index (χ0v) is 10.8. The van der Waals surface area contributed by atoms with Crippen molar-refractivity contribution in [2.45, 2.75) is 19.9 Å². The second-order valence-corrected chi connectivity index (χ2v) is 5.48. The number of rotatable bonds is 3. The summed E-state index contributed by atoms with van der Waals surface area (Å²) in [5.74, 6) is 0.119. The van der Waals surface area contributed by atoms with Crippen LogP contribution in [0.3, 0.4) is 0 Å². The molecular weight excluding hydrogens is 236 g/mol. The Morgan fingerprint density at radius 3 is 2.73 bits per heavy atom. The average Bonchev–Trinajstić information content (AvgIpc) is 2.15. The normalized spacial score (nSPS) is 24.0. The van der Waals surface area contributed by atoms with Crippen LogP contribution in [-0.4, -0.2) is 44.2 Å². The molecule has 4 nitrogen and oxygen atoms in total. The van der Waals surface area contributed by atoms with E-state index in [1.54, 1.807) is 16.5 Å². The van der Waals surface area contributed by atoms with Gasteiger partial charge in [0, 0.05) is 25.7 Å². The predicted molar refractivity (Wildman–Crippen MR) is 64.9 cm³/mol. The van der Waals surface area contributed by atoms with Crippen molar-refractivity contribution in [3.05, 3.63) is 12.2 Å². The van der Waals surface area contributed by atoms with Crippen LogP contribution in [0.2, 0.25) is 0 Å². The Balaban J connectivity index is 0.00000196. The van der Waals surface area contributed by atoms with Crippen LogP contribution in [0, 0.1) is 0 Å². The average molecular weight is 255 g/mol. The van der Waals surface area contributed by atoms with E-state index in [4.69, 9.17) is 0 Å². The van der Waals surface area contributed by atoms with Crippen LogP contribution in [0.1, 0.15) is 13.8 Å². The zero-order chi connectivity index (χ0) is 10.6. The van der Waals surface area contributed by atoms with Gasteiger partial charge in [-0.3, -0.25) is 0 Å². The molecule has 1 N–H and O–H groups in total. The standard InChI is InChI=1S/C9H18N2O2S.ClH/c1-3-4-7-14(12,13)11-6-5-10-8-9(11)2;/h3-4,9-10H,5-8H2,1-2H3;1H/b4-3+;. The number of hydrogen-bond donors (Lipinski definition) is 1. The quantitative estimate of drug-likeness (QED) is 0.751. The van der Waals surface area contributed by atoms with E-state index in [9.17, 15) is 8.42 Å². The van der Waals surface area contributed by atoms with E-state index in [0.717, 1.165) is 13.1 Å². The van der Waals surface area contributed by atoms with Crippen LogP contribution in [0.5, 0.6) is 0 Å². The van der Waals surface area contributed by atoms with Crippen molar-refractivity contribution in [1.29, 1.82) is 0 Å². The molecule has 0 saturated carbocycles. The third-order valence-corrected chi connectivity index (χ3v) is 4.21. The van der Waals surface area contributed by atoms with Crippen molar-refractivity contribution in [2.24, 2.45) is 0 Å². The third kappa shape index (κ3) is 4.10. The van der Waals surface area contributed by atoms with Crippen molar-refractivity contribution in [3.63, 3.8) is 0 Å². The molecule has 15 heavy (non-hydrogen) atoms. The molecule has 0 aromatic carbocycles. The molecule has 0 spiro atoms. The van der Waals surface area contributed by atoms with Gasteiger partial charge in [-0.2, -0.15) is 4.31 Å². The minimum Gasteiger partial charge on any atom is -0.314 e. The van der Waals surface area contributed by atoms with Gasteiger partial charge in [-0.25, -0.2) is 8.42 Å². The van der Waals surface area contributed by atoms with Crippen LogP contribution in [0.4, 0.5) is 0 Å². The lowest BCUT2D eigenvalue weighted by atomic mass is 10.3. The first-order chi connectivity index (χ1) is 6.58. The fraction of sp³-hybridized carbons (Fsp3) is 0.778. The molecule has 6 heteroatoms. The molecule has 0 amide bonds. The van der Waals surface area contributed by atoms with Gasteiger partial charge in [-0.05, 0) is 13.8 Å². The van der Waals surface area contributed by atoms with Crippen LogP contribution in [0.15, 0.2) is 12.2 Å². The molecule has 0 aromatic heterocycles. The van der Waals surface area contributed by atoms with E-state index in [2.05, 4.69) is 5.32 Å². The maximum absolute atomic E-state index is 11.8. The van der Waals surface area contributed by atoms with E-state index < -0.39 is 10.0 Å². The summed E-state index contributed by atoms with van der Waals surface area (Å²) in [5, 5.41) is 3.17.